The second kappa shape index (κ2) is 10.9. The average Bonchev–Trinajstić information content (AvgIpc) is 3.19. The number of carboxylic acid groups (broad SMARTS) is 1. The summed E-state index contributed by atoms with van der Waals surface area (Å²) >= 11 is 0. The smallest absolute Gasteiger partial charge is 0.475 e. The Morgan fingerprint density at radius 2 is 1.85 bits per heavy atom. The fourth-order valence-corrected chi connectivity index (χ4v) is 3.82. The minimum absolute atomic E-state index is 0.0517. The Kier molecular flexibility index (Phi) is 8.21. The van der Waals surface area contributed by atoms with E-state index in [0.29, 0.717) is 32.9 Å². The summed E-state index contributed by atoms with van der Waals surface area (Å²) in [6.07, 6.45) is -2.09. The number of aromatic nitrogens is 1. The molecule has 184 valence electrons. The summed E-state index contributed by atoms with van der Waals surface area (Å²) in [4.78, 5) is 27.4. The van der Waals surface area contributed by atoms with Crippen molar-refractivity contribution in [3.8, 4) is 0 Å². The molecule has 3 heterocycles. The van der Waals surface area contributed by atoms with Gasteiger partial charge in [-0.3, -0.25) is 9.78 Å². The molecule has 11 heteroatoms. The van der Waals surface area contributed by atoms with Crippen LogP contribution in [0.2, 0.25) is 0 Å². The first-order valence-corrected chi connectivity index (χ1v) is 10.5. The molecule has 1 aromatic carbocycles. The second-order valence-corrected chi connectivity index (χ2v) is 8.09. The van der Waals surface area contributed by atoms with Crippen LogP contribution in [0, 0.1) is 11.7 Å². The van der Waals surface area contributed by atoms with E-state index in [4.69, 9.17) is 19.4 Å². The van der Waals surface area contributed by atoms with E-state index in [0.717, 1.165) is 17.7 Å². The van der Waals surface area contributed by atoms with E-state index < -0.39 is 12.1 Å². The standard InChI is InChI=1S/C21H23FN2O3.C2HF3O2/c22-18-6-4-16(5-7-18)11-20(25)24-14-21(15-24)17(8-10-27-21)12-26-13-19-3-1-2-9-23-19;3-2(4,5)1(6)7/h1-7,9,17H,8,10-15H2;(H,6,7). The van der Waals surface area contributed by atoms with Gasteiger partial charge in [-0.05, 0) is 36.2 Å². The van der Waals surface area contributed by atoms with Gasteiger partial charge in [0, 0.05) is 18.7 Å². The van der Waals surface area contributed by atoms with Crippen molar-refractivity contribution in [2.75, 3.05) is 26.3 Å². The summed E-state index contributed by atoms with van der Waals surface area (Å²) in [6.45, 7) is 3.00. The van der Waals surface area contributed by atoms with Crippen molar-refractivity contribution in [1.82, 2.24) is 9.88 Å². The minimum atomic E-state index is -5.08. The Hall–Kier alpha value is -3.05. The largest absolute Gasteiger partial charge is 0.490 e. The van der Waals surface area contributed by atoms with Crippen molar-refractivity contribution in [2.24, 2.45) is 5.92 Å². The lowest BCUT2D eigenvalue weighted by Crippen LogP contribution is -2.66. The quantitative estimate of drug-likeness (QED) is 0.634. The lowest BCUT2D eigenvalue weighted by molar-refractivity contribution is -0.192. The van der Waals surface area contributed by atoms with Gasteiger partial charge in [-0.25, -0.2) is 9.18 Å². The molecule has 4 rings (SSSR count). The fraction of sp³-hybridized carbons (Fsp3) is 0.435. The van der Waals surface area contributed by atoms with E-state index >= 15 is 0 Å². The van der Waals surface area contributed by atoms with E-state index in [9.17, 15) is 22.4 Å². The number of ether oxygens (including phenoxy) is 2. The molecule has 1 unspecified atom stereocenters. The number of hydrogen-bond donors (Lipinski definition) is 1. The van der Waals surface area contributed by atoms with Crippen molar-refractivity contribution < 1.29 is 41.7 Å². The van der Waals surface area contributed by atoms with Gasteiger partial charge in [0.15, 0.2) is 0 Å². The third-order valence-electron chi connectivity index (χ3n) is 5.68. The van der Waals surface area contributed by atoms with Crippen LogP contribution in [0.25, 0.3) is 0 Å². The number of rotatable bonds is 6. The summed E-state index contributed by atoms with van der Waals surface area (Å²) in [5.41, 5.74) is 1.46. The van der Waals surface area contributed by atoms with Gasteiger partial charge in [0.1, 0.15) is 11.4 Å². The Morgan fingerprint density at radius 3 is 2.44 bits per heavy atom. The number of amides is 1. The highest BCUT2D eigenvalue weighted by Crippen LogP contribution is 2.40. The van der Waals surface area contributed by atoms with E-state index in [1.54, 1.807) is 18.3 Å². The molecule has 1 amide bonds. The molecule has 1 aromatic heterocycles. The number of halogens is 4. The summed E-state index contributed by atoms with van der Waals surface area (Å²) in [7, 11) is 0. The van der Waals surface area contributed by atoms with Crippen LogP contribution in [-0.2, 0) is 32.1 Å². The molecule has 0 saturated carbocycles. The summed E-state index contributed by atoms with van der Waals surface area (Å²) in [6, 6.07) is 11.9. The van der Waals surface area contributed by atoms with E-state index in [1.807, 2.05) is 23.1 Å². The number of carbonyl (C=O) groups excluding carboxylic acids is 1. The van der Waals surface area contributed by atoms with Crippen molar-refractivity contribution in [1.29, 1.82) is 0 Å². The van der Waals surface area contributed by atoms with Gasteiger partial charge in [0.25, 0.3) is 0 Å². The lowest BCUT2D eigenvalue weighted by Gasteiger charge is -2.50. The highest BCUT2D eigenvalue weighted by atomic mass is 19.4. The van der Waals surface area contributed by atoms with Crippen LogP contribution in [0.4, 0.5) is 17.6 Å². The zero-order chi connectivity index (χ0) is 24.8. The molecule has 2 aliphatic rings. The molecule has 1 N–H and O–H groups in total. The molecule has 1 atom stereocenters. The van der Waals surface area contributed by atoms with Gasteiger partial charge in [0.2, 0.25) is 5.91 Å². The predicted octanol–water partition coefficient (Wildman–Crippen LogP) is 3.23. The Labute approximate surface area is 193 Å². The van der Waals surface area contributed by atoms with Crippen LogP contribution >= 0.6 is 0 Å². The maximum absolute atomic E-state index is 13.0. The molecule has 2 saturated heterocycles. The minimum Gasteiger partial charge on any atom is -0.475 e. The second-order valence-electron chi connectivity index (χ2n) is 8.09. The third kappa shape index (κ3) is 6.73. The van der Waals surface area contributed by atoms with E-state index in [-0.39, 0.29) is 29.7 Å². The van der Waals surface area contributed by atoms with Crippen LogP contribution < -0.4 is 0 Å². The molecule has 0 bridgehead atoms. The number of hydrogen-bond acceptors (Lipinski definition) is 5. The predicted molar refractivity (Wildman–Crippen MR) is 111 cm³/mol. The highest BCUT2D eigenvalue weighted by Gasteiger charge is 2.54. The van der Waals surface area contributed by atoms with E-state index in [2.05, 4.69) is 4.98 Å². The highest BCUT2D eigenvalue weighted by molar-refractivity contribution is 5.80. The van der Waals surface area contributed by atoms with Crippen LogP contribution in [0.1, 0.15) is 17.7 Å². The zero-order valence-electron chi connectivity index (χ0n) is 18.1. The normalized spacial score (nSPS) is 18.7. The first kappa shape index (κ1) is 25.6. The fourth-order valence-electron chi connectivity index (χ4n) is 3.82. The summed E-state index contributed by atoms with van der Waals surface area (Å²) in [5.74, 6) is -2.71. The first-order valence-electron chi connectivity index (χ1n) is 10.5. The lowest BCUT2D eigenvalue weighted by atomic mass is 9.81. The van der Waals surface area contributed by atoms with Crippen LogP contribution in [0.15, 0.2) is 48.7 Å². The van der Waals surface area contributed by atoms with Crippen LogP contribution in [-0.4, -0.2) is 64.9 Å². The molecular weight excluding hydrogens is 460 g/mol. The van der Waals surface area contributed by atoms with E-state index in [1.165, 1.54) is 12.1 Å². The molecule has 7 nitrogen and oxygen atoms in total. The number of carboxylic acids is 1. The van der Waals surface area contributed by atoms with Crippen molar-refractivity contribution in [3.05, 3.63) is 65.7 Å². The maximum Gasteiger partial charge on any atom is 0.490 e. The van der Waals surface area contributed by atoms with Crippen molar-refractivity contribution in [3.63, 3.8) is 0 Å². The molecule has 2 aromatic rings. The number of nitrogens with zero attached hydrogens (tertiary/aromatic N) is 2. The third-order valence-corrected chi connectivity index (χ3v) is 5.68. The molecule has 1 spiro atoms. The van der Waals surface area contributed by atoms with Gasteiger partial charge in [-0.2, -0.15) is 13.2 Å². The molecule has 0 radical (unpaired) electrons. The SMILES string of the molecule is O=C(Cc1ccc(F)cc1)N1CC2(C1)OCCC2COCc1ccccn1.O=C(O)C(F)(F)F. The molecule has 34 heavy (non-hydrogen) atoms. The summed E-state index contributed by atoms with van der Waals surface area (Å²) in [5, 5.41) is 7.12. The molecule has 0 aliphatic carbocycles. The number of benzene rings is 1. The van der Waals surface area contributed by atoms with Crippen LogP contribution in [0.3, 0.4) is 0 Å². The number of likely N-dealkylation sites (tertiary alicyclic amines) is 1. The number of alkyl halides is 3. The molecule has 2 aliphatic heterocycles. The topological polar surface area (TPSA) is 89.0 Å². The van der Waals surface area contributed by atoms with Crippen molar-refractivity contribution in [2.45, 2.75) is 31.2 Å². The number of carbonyl (C=O) groups is 2. The molecular formula is C23H24F4N2O5. The van der Waals surface area contributed by atoms with Gasteiger partial charge < -0.3 is 19.5 Å². The zero-order valence-corrected chi connectivity index (χ0v) is 18.1. The van der Waals surface area contributed by atoms with Crippen LogP contribution in [0.5, 0.6) is 0 Å². The average molecular weight is 484 g/mol. The Bertz CT molecular complexity index is 964. The van der Waals surface area contributed by atoms with Gasteiger partial charge in [0.05, 0.1) is 38.4 Å². The summed E-state index contributed by atoms with van der Waals surface area (Å²) < 4.78 is 56.6. The Morgan fingerprint density at radius 1 is 1.18 bits per heavy atom. The number of aliphatic carboxylic acids is 1. The molecule has 2 fully saturated rings. The first-order chi connectivity index (χ1) is 16.1. The van der Waals surface area contributed by atoms with Gasteiger partial charge in [-0.1, -0.05) is 18.2 Å². The maximum atomic E-state index is 13.0. The number of pyridine rings is 1. The van der Waals surface area contributed by atoms with Crippen molar-refractivity contribution >= 4 is 11.9 Å². The van der Waals surface area contributed by atoms with Gasteiger partial charge in [-0.15, -0.1) is 0 Å². The monoisotopic (exact) mass is 484 g/mol. The Balaban J connectivity index is 0.000000406. The van der Waals surface area contributed by atoms with Gasteiger partial charge >= 0.3 is 12.1 Å².